The molecule has 0 bridgehead atoms. The quantitative estimate of drug-likeness (QED) is 0.293. The molecule has 0 unspecified atom stereocenters. The molecule has 2 N–H and O–H groups in total. The molecule has 1 saturated carbocycles. The Balaban J connectivity index is 1.12. The van der Waals surface area contributed by atoms with Gasteiger partial charge >= 0.3 is 0 Å². The number of methoxy groups -OCH3 is 1. The summed E-state index contributed by atoms with van der Waals surface area (Å²) in [4.78, 5) is 11.6. The lowest BCUT2D eigenvalue weighted by atomic mass is 9.91. The maximum absolute atomic E-state index is 6.02. The van der Waals surface area contributed by atoms with Gasteiger partial charge in [-0.2, -0.15) is 4.98 Å². The minimum atomic E-state index is 0.385. The molecule has 5 rings (SSSR count). The smallest absolute Gasteiger partial charge is 0.225 e. The highest BCUT2D eigenvalue weighted by molar-refractivity contribution is 5.90. The van der Waals surface area contributed by atoms with E-state index in [-0.39, 0.29) is 0 Å². The molecule has 7 heteroatoms. The zero-order valence-electron chi connectivity index (χ0n) is 21.8. The van der Waals surface area contributed by atoms with Crippen molar-refractivity contribution in [2.24, 2.45) is 0 Å². The minimum Gasteiger partial charge on any atom is -0.497 e. The van der Waals surface area contributed by atoms with Crippen molar-refractivity contribution in [1.29, 1.82) is 0 Å². The molecule has 0 spiro atoms. The van der Waals surface area contributed by atoms with Crippen LogP contribution >= 0.6 is 0 Å². The standard InChI is InChI=1S/C30H35N5O2/c1-35(2)29-27-9-4-5-10-28(27)33-30(34-29)32-23-13-11-22(12-14-23)31-20-21-7-6-8-26(19-21)37-25-17-15-24(36-3)16-18-25/h4-10,15-19,22-23,31H,11-14,20H2,1-3H3,(H,32,33,34). The number of fused-ring (bicyclic) bond motifs is 1. The van der Waals surface area contributed by atoms with Gasteiger partial charge in [0.25, 0.3) is 0 Å². The second-order valence-corrected chi connectivity index (χ2v) is 9.78. The van der Waals surface area contributed by atoms with Crippen molar-refractivity contribution in [3.05, 3.63) is 78.4 Å². The van der Waals surface area contributed by atoms with Gasteiger partial charge in [0.2, 0.25) is 5.95 Å². The first-order valence-electron chi connectivity index (χ1n) is 12.9. The Morgan fingerprint density at radius 1 is 0.811 bits per heavy atom. The highest BCUT2D eigenvalue weighted by atomic mass is 16.5. The van der Waals surface area contributed by atoms with Crippen LogP contribution in [0.5, 0.6) is 17.2 Å². The molecule has 0 amide bonds. The molecule has 1 heterocycles. The number of anilines is 2. The fraction of sp³-hybridized carbons (Fsp3) is 0.333. The summed E-state index contributed by atoms with van der Waals surface area (Å²) < 4.78 is 11.2. The molecule has 37 heavy (non-hydrogen) atoms. The zero-order valence-corrected chi connectivity index (χ0v) is 21.8. The van der Waals surface area contributed by atoms with E-state index in [0.717, 1.165) is 66.2 Å². The van der Waals surface area contributed by atoms with E-state index >= 15 is 0 Å². The first-order valence-corrected chi connectivity index (χ1v) is 12.9. The number of hydrogen-bond donors (Lipinski definition) is 2. The monoisotopic (exact) mass is 497 g/mol. The van der Waals surface area contributed by atoms with Gasteiger partial charge < -0.3 is 25.0 Å². The summed E-state index contributed by atoms with van der Waals surface area (Å²) in [5.41, 5.74) is 2.18. The molecule has 0 aliphatic heterocycles. The summed E-state index contributed by atoms with van der Waals surface area (Å²) in [5, 5.41) is 8.41. The molecule has 3 aromatic carbocycles. The number of para-hydroxylation sites is 1. The second-order valence-electron chi connectivity index (χ2n) is 9.78. The SMILES string of the molecule is COc1ccc(Oc2cccc(CNC3CCC(Nc4nc(N(C)C)c5ccccc5n4)CC3)c2)cc1. The van der Waals surface area contributed by atoms with Crippen LogP contribution in [0.2, 0.25) is 0 Å². The van der Waals surface area contributed by atoms with Gasteiger partial charge in [0.1, 0.15) is 23.1 Å². The van der Waals surface area contributed by atoms with E-state index in [2.05, 4.69) is 28.8 Å². The maximum atomic E-state index is 6.02. The van der Waals surface area contributed by atoms with Crippen molar-refractivity contribution in [3.8, 4) is 17.2 Å². The third-order valence-corrected chi connectivity index (χ3v) is 6.86. The van der Waals surface area contributed by atoms with Gasteiger partial charge in [0, 0.05) is 38.1 Å². The van der Waals surface area contributed by atoms with Gasteiger partial charge in [0.05, 0.1) is 12.6 Å². The summed E-state index contributed by atoms with van der Waals surface area (Å²) in [7, 11) is 5.71. The molecule has 1 aromatic heterocycles. The maximum Gasteiger partial charge on any atom is 0.225 e. The molecule has 0 atom stereocenters. The van der Waals surface area contributed by atoms with Crippen molar-refractivity contribution in [1.82, 2.24) is 15.3 Å². The van der Waals surface area contributed by atoms with Crippen LogP contribution in [0.1, 0.15) is 31.2 Å². The lowest BCUT2D eigenvalue weighted by molar-refractivity contribution is 0.352. The van der Waals surface area contributed by atoms with Crippen LogP contribution in [0, 0.1) is 0 Å². The second kappa shape index (κ2) is 11.5. The molecule has 1 aliphatic rings. The lowest BCUT2D eigenvalue weighted by Crippen LogP contribution is -2.37. The van der Waals surface area contributed by atoms with E-state index in [1.807, 2.05) is 73.6 Å². The summed E-state index contributed by atoms with van der Waals surface area (Å²) in [6, 6.07) is 25.0. The molecular weight excluding hydrogens is 462 g/mol. The molecular formula is C30H35N5O2. The molecule has 0 radical (unpaired) electrons. The van der Waals surface area contributed by atoms with Gasteiger partial charge in [0.15, 0.2) is 0 Å². The number of ether oxygens (including phenoxy) is 2. The van der Waals surface area contributed by atoms with Crippen molar-refractivity contribution < 1.29 is 9.47 Å². The average Bonchev–Trinajstić information content (AvgIpc) is 2.93. The van der Waals surface area contributed by atoms with Crippen LogP contribution in [0.25, 0.3) is 10.9 Å². The molecule has 0 saturated heterocycles. The summed E-state index contributed by atoms with van der Waals surface area (Å²) >= 11 is 0. The van der Waals surface area contributed by atoms with Gasteiger partial charge in [-0.3, -0.25) is 0 Å². The Labute approximate surface area is 218 Å². The van der Waals surface area contributed by atoms with Crippen LogP contribution in [-0.2, 0) is 6.54 Å². The number of benzene rings is 3. The molecule has 4 aromatic rings. The fourth-order valence-corrected chi connectivity index (χ4v) is 4.85. The zero-order chi connectivity index (χ0) is 25.6. The summed E-state index contributed by atoms with van der Waals surface area (Å²) in [5.74, 6) is 4.11. The van der Waals surface area contributed by atoms with Crippen LogP contribution in [-0.4, -0.2) is 43.3 Å². The Bertz CT molecular complexity index is 1320. The highest BCUT2D eigenvalue weighted by Gasteiger charge is 2.22. The topological polar surface area (TPSA) is 71.5 Å². The van der Waals surface area contributed by atoms with E-state index < -0.39 is 0 Å². The number of nitrogens with zero attached hydrogens (tertiary/aromatic N) is 3. The van der Waals surface area contributed by atoms with Crippen LogP contribution in [0.15, 0.2) is 72.8 Å². The number of rotatable bonds is 9. The molecule has 1 aliphatic carbocycles. The predicted octanol–water partition coefficient (Wildman–Crippen LogP) is 6.01. The van der Waals surface area contributed by atoms with Crippen molar-refractivity contribution in [2.45, 2.75) is 44.3 Å². The molecule has 1 fully saturated rings. The lowest BCUT2D eigenvalue weighted by Gasteiger charge is -2.30. The van der Waals surface area contributed by atoms with Crippen LogP contribution in [0.3, 0.4) is 0 Å². The Morgan fingerprint density at radius 2 is 1.54 bits per heavy atom. The van der Waals surface area contributed by atoms with Gasteiger partial charge in [-0.1, -0.05) is 24.3 Å². The van der Waals surface area contributed by atoms with Crippen molar-refractivity contribution in [3.63, 3.8) is 0 Å². The van der Waals surface area contributed by atoms with Crippen molar-refractivity contribution in [2.75, 3.05) is 31.4 Å². The largest absolute Gasteiger partial charge is 0.497 e. The molecule has 7 nitrogen and oxygen atoms in total. The summed E-state index contributed by atoms with van der Waals surface area (Å²) in [6.45, 7) is 0.822. The van der Waals surface area contributed by atoms with Crippen LogP contribution < -0.4 is 25.0 Å². The number of aromatic nitrogens is 2. The van der Waals surface area contributed by atoms with Crippen LogP contribution in [0.4, 0.5) is 11.8 Å². The predicted molar refractivity (Wildman–Crippen MR) is 150 cm³/mol. The van der Waals surface area contributed by atoms with E-state index in [0.29, 0.717) is 18.0 Å². The third-order valence-electron chi connectivity index (χ3n) is 6.86. The Morgan fingerprint density at radius 3 is 2.30 bits per heavy atom. The number of hydrogen-bond acceptors (Lipinski definition) is 7. The fourth-order valence-electron chi connectivity index (χ4n) is 4.85. The average molecular weight is 498 g/mol. The van der Waals surface area contributed by atoms with Gasteiger partial charge in [-0.25, -0.2) is 4.98 Å². The highest BCUT2D eigenvalue weighted by Crippen LogP contribution is 2.27. The normalized spacial score (nSPS) is 17.4. The van der Waals surface area contributed by atoms with E-state index in [9.17, 15) is 0 Å². The first kappa shape index (κ1) is 24.8. The Kier molecular flexibility index (Phi) is 7.70. The van der Waals surface area contributed by atoms with E-state index in [4.69, 9.17) is 19.4 Å². The Hall–Kier alpha value is -3.84. The van der Waals surface area contributed by atoms with E-state index in [1.54, 1.807) is 7.11 Å². The summed E-state index contributed by atoms with van der Waals surface area (Å²) in [6.07, 6.45) is 4.42. The van der Waals surface area contributed by atoms with Gasteiger partial charge in [-0.15, -0.1) is 0 Å². The molecule has 192 valence electrons. The van der Waals surface area contributed by atoms with Gasteiger partial charge in [-0.05, 0) is 79.8 Å². The van der Waals surface area contributed by atoms with E-state index in [1.165, 1.54) is 5.56 Å². The minimum absolute atomic E-state index is 0.385. The van der Waals surface area contributed by atoms with Crippen molar-refractivity contribution >= 4 is 22.7 Å². The first-order chi connectivity index (χ1) is 18.1. The number of nitrogens with one attached hydrogen (secondary N) is 2. The third kappa shape index (κ3) is 6.30.